The zero-order valence-electron chi connectivity index (χ0n) is 17.7. The van der Waals surface area contributed by atoms with E-state index >= 15 is 0 Å². The number of hydrogen-bond donors (Lipinski definition) is 2. The molecule has 0 saturated heterocycles. The maximum atomic E-state index is 12.9. The minimum Gasteiger partial charge on any atom is -0.493 e. The molecule has 0 unspecified atom stereocenters. The molecule has 0 spiro atoms. The first-order valence-corrected chi connectivity index (χ1v) is 11.4. The van der Waals surface area contributed by atoms with E-state index in [4.69, 9.17) is 0 Å². The van der Waals surface area contributed by atoms with Gasteiger partial charge in [-0.25, -0.2) is 17.8 Å². The largest absolute Gasteiger partial charge is 0.573 e. The molecule has 0 aliphatic carbocycles. The van der Waals surface area contributed by atoms with Crippen LogP contribution < -0.4 is 15.1 Å². The van der Waals surface area contributed by atoms with Crippen molar-refractivity contribution < 1.29 is 31.4 Å². The summed E-state index contributed by atoms with van der Waals surface area (Å²) in [5.74, 6) is -0.958. The van der Waals surface area contributed by atoms with Crippen molar-refractivity contribution in [3.05, 3.63) is 95.3 Å². The Morgan fingerprint density at radius 1 is 1.03 bits per heavy atom. The van der Waals surface area contributed by atoms with Crippen molar-refractivity contribution in [1.29, 1.82) is 0 Å². The lowest BCUT2D eigenvalue weighted by atomic mass is 10.2. The van der Waals surface area contributed by atoms with E-state index in [1.54, 1.807) is 18.2 Å². The lowest BCUT2D eigenvalue weighted by Crippen LogP contribution is -2.24. The van der Waals surface area contributed by atoms with Crippen molar-refractivity contribution in [2.75, 3.05) is 4.72 Å². The molecule has 4 aromatic rings. The number of halogens is 3. The van der Waals surface area contributed by atoms with Gasteiger partial charge in [0.05, 0.1) is 35.2 Å². The highest BCUT2D eigenvalue weighted by molar-refractivity contribution is 7.92. The average Bonchev–Trinajstić information content (AvgIpc) is 3.08. The van der Waals surface area contributed by atoms with Gasteiger partial charge in [-0.05, 0) is 48.0 Å². The van der Waals surface area contributed by atoms with Gasteiger partial charge in [0.25, 0.3) is 10.0 Å². The minimum absolute atomic E-state index is 0.0358. The topological polar surface area (TPSA) is 115 Å². The molecule has 0 saturated carbocycles. The molecule has 2 heterocycles. The SMILES string of the molecule is O=c1n(Cc2ccncc2NS(=O)(=O)c2ccccc2)cc(O)n1-c1ccc(OC(F)(F)F)cc1. The molecule has 0 fully saturated rings. The third-order valence-corrected chi connectivity index (χ3v) is 6.20. The third kappa shape index (κ3) is 5.46. The summed E-state index contributed by atoms with van der Waals surface area (Å²) in [5.41, 5.74) is -0.0991. The predicted molar refractivity (Wildman–Crippen MR) is 119 cm³/mol. The maximum Gasteiger partial charge on any atom is 0.573 e. The summed E-state index contributed by atoms with van der Waals surface area (Å²) in [6, 6.07) is 13.5. The van der Waals surface area contributed by atoms with Crippen LogP contribution in [0.1, 0.15) is 5.56 Å². The first-order chi connectivity index (χ1) is 16.5. The molecule has 13 heteroatoms. The summed E-state index contributed by atoms with van der Waals surface area (Å²) in [7, 11) is -3.93. The van der Waals surface area contributed by atoms with Crippen molar-refractivity contribution in [1.82, 2.24) is 14.1 Å². The first-order valence-electron chi connectivity index (χ1n) is 9.91. The quantitative estimate of drug-likeness (QED) is 0.397. The van der Waals surface area contributed by atoms with Gasteiger partial charge in [-0.15, -0.1) is 13.2 Å². The molecule has 4 rings (SSSR count). The smallest absolute Gasteiger partial charge is 0.493 e. The van der Waals surface area contributed by atoms with Crippen molar-refractivity contribution in [2.24, 2.45) is 0 Å². The van der Waals surface area contributed by atoms with Gasteiger partial charge in [-0.1, -0.05) is 18.2 Å². The fourth-order valence-electron chi connectivity index (χ4n) is 3.27. The number of imidazole rings is 1. The minimum atomic E-state index is -4.87. The van der Waals surface area contributed by atoms with Crippen LogP contribution in [0, 0.1) is 0 Å². The van der Waals surface area contributed by atoms with Crippen LogP contribution in [0.2, 0.25) is 0 Å². The Bertz CT molecular complexity index is 1500. The summed E-state index contributed by atoms with van der Waals surface area (Å²) < 4.78 is 70.7. The number of benzene rings is 2. The van der Waals surface area contributed by atoms with Crippen molar-refractivity contribution in [3.63, 3.8) is 0 Å². The maximum absolute atomic E-state index is 12.9. The number of anilines is 1. The number of rotatable bonds is 7. The molecule has 9 nitrogen and oxygen atoms in total. The zero-order valence-corrected chi connectivity index (χ0v) is 18.5. The Hall–Kier alpha value is -4.26. The van der Waals surface area contributed by atoms with Crippen LogP contribution in [-0.2, 0) is 16.6 Å². The van der Waals surface area contributed by atoms with Crippen LogP contribution in [0.5, 0.6) is 11.6 Å². The highest BCUT2D eigenvalue weighted by Gasteiger charge is 2.31. The first kappa shape index (κ1) is 23.9. The molecule has 2 aromatic heterocycles. The van der Waals surface area contributed by atoms with Gasteiger partial charge in [0.15, 0.2) is 0 Å². The van der Waals surface area contributed by atoms with Gasteiger partial charge in [0.1, 0.15) is 5.75 Å². The Morgan fingerprint density at radius 2 is 1.71 bits per heavy atom. The van der Waals surface area contributed by atoms with E-state index < -0.39 is 33.7 Å². The van der Waals surface area contributed by atoms with E-state index in [1.807, 2.05) is 0 Å². The molecule has 0 bridgehead atoms. The van der Waals surface area contributed by atoms with Gasteiger partial charge in [0.2, 0.25) is 5.88 Å². The standard InChI is InChI=1S/C22H17F3N4O5S/c23-22(24,25)34-17-8-6-16(7-9-17)29-20(30)14-28(21(29)31)13-15-10-11-26-12-19(15)27-35(32,33)18-4-2-1-3-5-18/h1-12,14,27,30H,13H2. The molecule has 2 aromatic carbocycles. The second kappa shape index (κ2) is 9.18. The third-order valence-electron chi connectivity index (χ3n) is 4.82. The van der Waals surface area contributed by atoms with Gasteiger partial charge in [-0.2, -0.15) is 0 Å². The summed E-state index contributed by atoms with van der Waals surface area (Å²) in [5, 5.41) is 10.3. The molecule has 0 aliphatic rings. The molecule has 2 N–H and O–H groups in total. The van der Waals surface area contributed by atoms with Crippen LogP contribution in [0.15, 0.2) is 88.9 Å². The average molecular weight is 506 g/mol. The summed E-state index contributed by atoms with van der Waals surface area (Å²) in [4.78, 5) is 16.9. The van der Waals surface area contributed by atoms with Crippen molar-refractivity contribution >= 4 is 15.7 Å². The van der Waals surface area contributed by atoms with Crippen LogP contribution in [0.4, 0.5) is 18.9 Å². The van der Waals surface area contributed by atoms with E-state index in [0.29, 0.717) is 5.56 Å². The van der Waals surface area contributed by atoms with E-state index in [1.165, 1.54) is 42.7 Å². The fraction of sp³-hybridized carbons (Fsp3) is 0.0909. The summed E-state index contributed by atoms with van der Waals surface area (Å²) >= 11 is 0. The molecule has 0 amide bonds. The molecule has 0 aliphatic heterocycles. The fourth-order valence-corrected chi connectivity index (χ4v) is 4.38. The van der Waals surface area contributed by atoms with E-state index in [9.17, 15) is 31.5 Å². The lowest BCUT2D eigenvalue weighted by Gasteiger charge is -2.12. The summed E-state index contributed by atoms with van der Waals surface area (Å²) in [6.45, 7) is -0.135. The number of aromatic hydroxyl groups is 1. The van der Waals surface area contributed by atoms with Crippen LogP contribution >= 0.6 is 0 Å². The highest BCUT2D eigenvalue weighted by Crippen LogP contribution is 2.25. The second-order valence-electron chi connectivity index (χ2n) is 7.23. The Labute approximate surface area is 196 Å². The second-order valence-corrected chi connectivity index (χ2v) is 8.91. The number of pyridine rings is 1. The number of nitrogens with one attached hydrogen (secondary N) is 1. The van der Waals surface area contributed by atoms with Crippen LogP contribution in [0.25, 0.3) is 5.69 Å². The molecule has 0 radical (unpaired) electrons. The Kier molecular flexibility index (Phi) is 6.26. The van der Waals surface area contributed by atoms with Gasteiger partial charge in [-0.3, -0.25) is 14.3 Å². The Morgan fingerprint density at radius 3 is 2.37 bits per heavy atom. The van der Waals surface area contributed by atoms with Gasteiger partial charge in [0, 0.05) is 6.20 Å². The normalized spacial score (nSPS) is 11.9. The number of nitrogens with zero attached hydrogens (tertiary/aromatic N) is 3. The number of aromatic nitrogens is 3. The van der Waals surface area contributed by atoms with Crippen molar-refractivity contribution in [3.8, 4) is 17.3 Å². The van der Waals surface area contributed by atoms with E-state index in [2.05, 4.69) is 14.4 Å². The Balaban J connectivity index is 1.61. The molecule has 182 valence electrons. The van der Waals surface area contributed by atoms with Crippen LogP contribution in [0.3, 0.4) is 0 Å². The summed E-state index contributed by atoms with van der Waals surface area (Å²) in [6.07, 6.45) is -1.04. The number of alkyl halides is 3. The molecule has 35 heavy (non-hydrogen) atoms. The van der Waals surface area contributed by atoms with Gasteiger partial charge >= 0.3 is 12.1 Å². The monoisotopic (exact) mass is 506 g/mol. The molecular formula is C22H17F3N4O5S. The van der Waals surface area contributed by atoms with E-state index in [-0.39, 0.29) is 22.8 Å². The molecule has 0 atom stereocenters. The van der Waals surface area contributed by atoms with E-state index in [0.717, 1.165) is 27.5 Å². The lowest BCUT2D eigenvalue weighted by molar-refractivity contribution is -0.274. The highest BCUT2D eigenvalue weighted by atomic mass is 32.2. The molecular weight excluding hydrogens is 489 g/mol. The predicted octanol–water partition coefficient (Wildman–Crippen LogP) is 3.49. The zero-order chi connectivity index (χ0) is 25.2. The van der Waals surface area contributed by atoms with Crippen molar-refractivity contribution in [2.45, 2.75) is 17.8 Å². The van der Waals surface area contributed by atoms with Crippen LogP contribution in [-0.4, -0.2) is 34.0 Å². The number of ether oxygens (including phenoxy) is 1. The van der Waals surface area contributed by atoms with Gasteiger partial charge < -0.3 is 9.84 Å². The number of sulfonamides is 1. The number of hydrogen-bond acceptors (Lipinski definition) is 6.